The normalized spacial score (nSPS) is 19.9. The van der Waals surface area contributed by atoms with E-state index in [1.165, 1.54) is 0 Å². The van der Waals surface area contributed by atoms with Crippen molar-refractivity contribution in [2.24, 2.45) is 5.92 Å². The minimum Gasteiger partial charge on any atom is -0.465 e. The third-order valence-electron chi connectivity index (χ3n) is 6.83. The van der Waals surface area contributed by atoms with Gasteiger partial charge in [-0.15, -0.1) is 0 Å². The molecule has 0 bridgehead atoms. The lowest BCUT2D eigenvalue weighted by Gasteiger charge is -2.34. The van der Waals surface area contributed by atoms with Crippen molar-refractivity contribution in [3.8, 4) is 0 Å². The molecule has 4 rings (SSSR count). The van der Waals surface area contributed by atoms with E-state index < -0.39 is 18.2 Å². The molecular weight excluding hydrogens is 422 g/mol. The monoisotopic (exact) mass is 453 g/mol. The Morgan fingerprint density at radius 3 is 2.67 bits per heavy atom. The van der Waals surface area contributed by atoms with Crippen LogP contribution in [0.2, 0.25) is 0 Å². The van der Waals surface area contributed by atoms with Gasteiger partial charge in [-0.25, -0.2) is 9.78 Å². The summed E-state index contributed by atoms with van der Waals surface area (Å²) in [5.41, 5.74) is 6.82. The van der Waals surface area contributed by atoms with Crippen molar-refractivity contribution >= 4 is 34.5 Å². The molecule has 1 aliphatic heterocycles. The molecule has 0 radical (unpaired) electrons. The Morgan fingerprint density at radius 2 is 1.91 bits per heavy atom. The number of hydrogen-bond donors (Lipinski definition) is 4. The van der Waals surface area contributed by atoms with Gasteiger partial charge in [-0.05, 0) is 54.7 Å². The summed E-state index contributed by atoms with van der Waals surface area (Å²) in [4.78, 5) is 43.4. The van der Waals surface area contributed by atoms with Gasteiger partial charge in [-0.1, -0.05) is 31.4 Å². The molecule has 2 heterocycles. The van der Waals surface area contributed by atoms with Crippen LogP contribution in [0.25, 0.3) is 10.8 Å². The van der Waals surface area contributed by atoms with E-state index in [2.05, 4.69) is 15.6 Å². The molecule has 2 atom stereocenters. The van der Waals surface area contributed by atoms with Crippen molar-refractivity contribution < 1.29 is 19.5 Å². The van der Waals surface area contributed by atoms with Gasteiger partial charge in [0.2, 0.25) is 11.8 Å². The number of benzene rings is 1. The number of nitrogens with zero attached hydrogens (tertiary/aromatic N) is 2. The second kappa shape index (κ2) is 10.1. The van der Waals surface area contributed by atoms with Crippen LogP contribution in [0.4, 0.5) is 10.6 Å². The van der Waals surface area contributed by atoms with Crippen LogP contribution in [0.15, 0.2) is 30.5 Å². The van der Waals surface area contributed by atoms with Crippen molar-refractivity contribution in [1.82, 2.24) is 20.5 Å². The predicted octanol–water partition coefficient (Wildman–Crippen LogP) is 2.64. The number of nitrogens with two attached hydrogens (primary N) is 1. The number of rotatable bonds is 6. The summed E-state index contributed by atoms with van der Waals surface area (Å²) >= 11 is 0. The number of nitrogens with one attached hydrogen (secondary N) is 2. The Morgan fingerprint density at radius 1 is 1.12 bits per heavy atom. The number of aromatic nitrogens is 1. The largest absolute Gasteiger partial charge is 0.465 e. The van der Waals surface area contributed by atoms with Gasteiger partial charge < -0.3 is 26.4 Å². The highest BCUT2D eigenvalue weighted by atomic mass is 16.4. The Labute approximate surface area is 192 Å². The summed E-state index contributed by atoms with van der Waals surface area (Å²) in [6.07, 6.45) is 6.48. The molecule has 1 saturated heterocycles. The number of pyridine rings is 1. The Kier molecular flexibility index (Phi) is 6.96. The summed E-state index contributed by atoms with van der Waals surface area (Å²) in [5.74, 6) is -0.0552. The topological polar surface area (TPSA) is 138 Å². The second-order valence-corrected chi connectivity index (χ2v) is 8.98. The van der Waals surface area contributed by atoms with Crippen LogP contribution in [-0.4, -0.2) is 51.5 Å². The average Bonchev–Trinajstić information content (AvgIpc) is 3.31. The van der Waals surface area contributed by atoms with Crippen molar-refractivity contribution in [2.45, 2.75) is 63.6 Å². The van der Waals surface area contributed by atoms with Gasteiger partial charge in [-0.2, -0.15) is 0 Å². The molecule has 2 fully saturated rings. The van der Waals surface area contributed by atoms with E-state index in [0.717, 1.165) is 54.9 Å². The molecule has 5 N–H and O–H groups in total. The molecule has 2 aliphatic rings. The number of likely N-dealkylation sites (tertiary alicyclic amines) is 1. The van der Waals surface area contributed by atoms with E-state index in [0.29, 0.717) is 25.3 Å². The third kappa shape index (κ3) is 5.18. The quantitative estimate of drug-likeness (QED) is 0.531. The molecule has 3 amide bonds. The fraction of sp³-hybridized carbons (Fsp3) is 0.500. The van der Waals surface area contributed by atoms with Crippen molar-refractivity contribution in [3.05, 3.63) is 36.0 Å². The summed E-state index contributed by atoms with van der Waals surface area (Å²) < 4.78 is 0. The van der Waals surface area contributed by atoms with Crippen LogP contribution in [0, 0.1) is 5.92 Å². The fourth-order valence-electron chi connectivity index (χ4n) is 5.13. The molecule has 1 aromatic heterocycles. The average molecular weight is 454 g/mol. The number of carbonyl (C=O) groups excluding carboxylic acids is 2. The lowest BCUT2D eigenvalue weighted by Crippen LogP contribution is -2.56. The lowest BCUT2D eigenvalue weighted by molar-refractivity contribution is -0.141. The summed E-state index contributed by atoms with van der Waals surface area (Å²) in [6, 6.07) is 6.23. The van der Waals surface area contributed by atoms with Crippen LogP contribution >= 0.6 is 0 Å². The SMILES string of the molecule is Nc1nccc2cc(CNC(=O)C3CCCN3C(=O)C(NC(=O)O)C3CCCCC3)ccc12. The number of carbonyl (C=O) groups is 3. The van der Waals surface area contributed by atoms with Crippen molar-refractivity contribution in [1.29, 1.82) is 0 Å². The molecule has 176 valence electrons. The van der Waals surface area contributed by atoms with E-state index in [9.17, 15) is 19.5 Å². The molecule has 9 heteroatoms. The molecule has 2 unspecified atom stereocenters. The molecule has 1 aromatic carbocycles. The molecule has 1 aliphatic carbocycles. The summed E-state index contributed by atoms with van der Waals surface area (Å²) in [7, 11) is 0. The molecule has 9 nitrogen and oxygen atoms in total. The lowest BCUT2D eigenvalue weighted by atomic mass is 9.83. The highest BCUT2D eigenvalue weighted by Crippen LogP contribution is 2.29. The van der Waals surface area contributed by atoms with Gasteiger partial charge in [0, 0.05) is 24.7 Å². The van der Waals surface area contributed by atoms with Gasteiger partial charge in [0.15, 0.2) is 0 Å². The van der Waals surface area contributed by atoms with E-state index in [1.807, 2.05) is 24.3 Å². The second-order valence-electron chi connectivity index (χ2n) is 8.98. The minimum absolute atomic E-state index is 0.0220. The maximum atomic E-state index is 13.4. The summed E-state index contributed by atoms with van der Waals surface area (Å²) in [6.45, 7) is 0.790. The molecule has 0 spiro atoms. The van der Waals surface area contributed by atoms with Crippen LogP contribution in [0.1, 0.15) is 50.5 Å². The first-order valence-corrected chi connectivity index (χ1v) is 11.6. The fourth-order valence-corrected chi connectivity index (χ4v) is 5.13. The smallest absolute Gasteiger partial charge is 0.405 e. The van der Waals surface area contributed by atoms with Crippen LogP contribution in [0.5, 0.6) is 0 Å². The predicted molar refractivity (Wildman–Crippen MR) is 124 cm³/mol. The number of nitrogen functional groups attached to an aromatic ring is 1. The van der Waals surface area contributed by atoms with Crippen LogP contribution in [-0.2, 0) is 16.1 Å². The number of amides is 3. The maximum absolute atomic E-state index is 13.4. The Balaban J connectivity index is 1.42. The van der Waals surface area contributed by atoms with Gasteiger partial charge in [-0.3, -0.25) is 9.59 Å². The zero-order chi connectivity index (χ0) is 23.4. The number of anilines is 1. The molecular formula is C24H31N5O4. The number of fused-ring (bicyclic) bond motifs is 1. The van der Waals surface area contributed by atoms with Gasteiger partial charge in [0.25, 0.3) is 0 Å². The maximum Gasteiger partial charge on any atom is 0.405 e. The summed E-state index contributed by atoms with van der Waals surface area (Å²) in [5, 5.41) is 16.5. The van der Waals surface area contributed by atoms with E-state index in [1.54, 1.807) is 11.1 Å². The standard InChI is InChI=1S/C24H31N5O4/c25-21-18-9-8-15(13-17(18)10-11-26-21)14-27-22(30)19-7-4-12-29(19)23(31)20(28-24(32)33)16-5-2-1-3-6-16/h8-11,13,16,19-20,28H,1-7,12,14H2,(H2,25,26)(H,27,30)(H,32,33). The van der Waals surface area contributed by atoms with Gasteiger partial charge >= 0.3 is 6.09 Å². The van der Waals surface area contributed by atoms with E-state index >= 15 is 0 Å². The first-order valence-electron chi connectivity index (χ1n) is 11.6. The van der Waals surface area contributed by atoms with Gasteiger partial charge in [0.1, 0.15) is 17.9 Å². The molecule has 33 heavy (non-hydrogen) atoms. The van der Waals surface area contributed by atoms with Crippen molar-refractivity contribution in [3.63, 3.8) is 0 Å². The van der Waals surface area contributed by atoms with Crippen LogP contribution < -0.4 is 16.4 Å². The zero-order valence-electron chi connectivity index (χ0n) is 18.6. The minimum atomic E-state index is -1.20. The van der Waals surface area contributed by atoms with E-state index in [4.69, 9.17) is 5.73 Å². The first kappa shape index (κ1) is 22.8. The van der Waals surface area contributed by atoms with Crippen LogP contribution in [0.3, 0.4) is 0 Å². The van der Waals surface area contributed by atoms with E-state index in [-0.39, 0.29) is 17.7 Å². The van der Waals surface area contributed by atoms with Gasteiger partial charge in [0.05, 0.1) is 0 Å². The molecule has 1 saturated carbocycles. The Bertz CT molecular complexity index is 1040. The number of hydrogen-bond acceptors (Lipinski definition) is 5. The number of carboxylic acid groups (broad SMARTS) is 1. The first-order chi connectivity index (χ1) is 15.9. The molecule has 2 aromatic rings. The highest BCUT2D eigenvalue weighted by Gasteiger charge is 2.40. The third-order valence-corrected chi connectivity index (χ3v) is 6.83. The van der Waals surface area contributed by atoms with Crippen molar-refractivity contribution in [2.75, 3.05) is 12.3 Å². The zero-order valence-corrected chi connectivity index (χ0v) is 18.6. The highest BCUT2D eigenvalue weighted by molar-refractivity contribution is 5.93. The Hall–Kier alpha value is -3.36.